The van der Waals surface area contributed by atoms with Gasteiger partial charge in [-0.25, -0.2) is 8.93 Å². The highest BCUT2D eigenvalue weighted by Gasteiger charge is 2.41. The van der Waals surface area contributed by atoms with E-state index in [0.29, 0.717) is 0 Å². The summed E-state index contributed by atoms with van der Waals surface area (Å²) in [6, 6.07) is -2.14. The summed E-state index contributed by atoms with van der Waals surface area (Å²) in [6.45, 7) is 3.51. The van der Waals surface area contributed by atoms with Gasteiger partial charge in [-0.15, -0.1) is 0 Å². The molecule has 0 rings (SSSR count). The van der Waals surface area contributed by atoms with Gasteiger partial charge in [-0.1, -0.05) is 0 Å². The Balaban J connectivity index is 4.43. The number of hydrogen-bond donors (Lipinski definition) is 2. The Bertz CT molecular complexity index is 212. The molecule has 0 spiro atoms. The van der Waals surface area contributed by atoms with E-state index in [1.807, 2.05) is 4.72 Å². The van der Waals surface area contributed by atoms with E-state index in [2.05, 4.69) is 0 Å². The van der Waals surface area contributed by atoms with Crippen molar-refractivity contribution >= 4 is 11.0 Å². The molecule has 0 aliphatic heterocycles. The van der Waals surface area contributed by atoms with E-state index in [-0.39, 0.29) is 0 Å². The van der Waals surface area contributed by atoms with Crippen LogP contribution in [0.15, 0.2) is 0 Å². The summed E-state index contributed by atoms with van der Waals surface area (Å²) in [7, 11) is -1.84. The molecule has 0 unspecified atom stereocenters. The van der Waals surface area contributed by atoms with Crippen molar-refractivity contribution < 1.29 is 22.5 Å². The van der Waals surface area contributed by atoms with Crippen LogP contribution < -0.4 is 4.72 Å². The maximum Gasteiger partial charge on any atom is 0.407 e. The average Bonchev–Trinajstić information content (AvgIpc) is 1.95. The van der Waals surface area contributed by atoms with Crippen molar-refractivity contribution in [3.63, 3.8) is 0 Å². The molecule has 3 nitrogen and oxygen atoms in total. The van der Waals surface area contributed by atoms with E-state index in [4.69, 9.17) is 5.11 Å². The van der Waals surface area contributed by atoms with E-state index < -0.39 is 34.6 Å². The molecule has 86 valence electrons. The van der Waals surface area contributed by atoms with Gasteiger partial charge in [-0.05, 0) is 20.8 Å². The summed E-state index contributed by atoms with van der Waals surface area (Å²) in [4.78, 5) is 0. The summed E-state index contributed by atoms with van der Waals surface area (Å²) in [5, 5.41) is 8.46. The molecule has 0 fully saturated rings. The van der Waals surface area contributed by atoms with Gasteiger partial charge in [0.1, 0.15) is 6.04 Å². The predicted molar refractivity (Wildman–Crippen MR) is 48.0 cm³/mol. The lowest BCUT2D eigenvalue weighted by Crippen LogP contribution is -2.49. The maximum atomic E-state index is 12.1. The van der Waals surface area contributed by atoms with Crippen LogP contribution in [0.5, 0.6) is 0 Å². The van der Waals surface area contributed by atoms with Crippen LogP contribution in [0, 0.1) is 0 Å². The molecule has 0 aromatic heterocycles. The number of halogens is 3. The van der Waals surface area contributed by atoms with Crippen molar-refractivity contribution in [1.29, 1.82) is 0 Å². The molecule has 7 heteroatoms. The molecule has 2 N–H and O–H groups in total. The Morgan fingerprint density at radius 2 is 1.79 bits per heavy atom. The molecule has 0 radical (unpaired) electrons. The van der Waals surface area contributed by atoms with E-state index in [1.165, 1.54) is 0 Å². The fraction of sp³-hybridized carbons (Fsp3) is 1.00. The summed E-state index contributed by atoms with van der Waals surface area (Å²) in [5.74, 6) is 0. The van der Waals surface area contributed by atoms with Crippen LogP contribution in [-0.4, -0.2) is 32.9 Å². The lowest BCUT2D eigenvalue weighted by Gasteiger charge is -2.24. The molecule has 0 saturated carbocycles. The molecule has 0 aromatic rings. The number of rotatable bonds is 3. The van der Waals surface area contributed by atoms with Crippen molar-refractivity contribution in [2.24, 2.45) is 0 Å². The largest absolute Gasteiger partial charge is 0.407 e. The Labute approximate surface area is 83.3 Å². The first-order valence-corrected chi connectivity index (χ1v) is 5.09. The first-order valence-electron chi connectivity index (χ1n) is 3.94. The summed E-state index contributed by atoms with van der Waals surface area (Å²) in [5.41, 5.74) is 0. The summed E-state index contributed by atoms with van der Waals surface area (Å²) in [6.07, 6.45) is -4.59. The highest BCUT2D eigenvalue weighted by atomic mass is 32.2. The number of nitrogens with one attached hydrogen (secondary N) is 1. The van der Waals surface area contributed by atoms with Crippen LogP contribution >= 0.6 is 0 Å². The first-order chi connectivity index (χ1) is 6.09. The Morgan fingerprint density at radius 3 is 2.00 bits per heavy atom. The minimum atomic E-state index is -4.59. The zero-order valence-corrected chi connectivity index (χ0v) is 9.00. The van der Waals surface area contributed by atoms with Gasteiger partial charge in [-0.3, -0.25) is 0 Å². The molecule has 0 saturated heterocycles. The second kappa shape index (κ2) is 4.59. The van der Waals surface area contributed by atoms with Crippen LogP contribution in [-0.2, 0) is 11.0 Å². The standard InChI is InChI=1S/C7H14F3NO2S/c1-6(2,3)14(13)11-5(4-12)7(8,9)10/h5,11-12H,4H2,1-3H3/t5-,14-/m0/s1. The normalized spacial score (nSPS) is 17.9. The monoisotopic (exact) mass is 233 g/mol. The van der Waals surface area contributed by atoms with Crippen molar-refractivity contribution in [3.05, 3.63) is 0 Å². The van der Waals surface area contributed by atoms with Gasteiger partial charge in [0.05, 0.1) is 22.3 Å². The van der Waals surface area contributed by atoms with E-state index >= 15 is 0 Å². The van der Waals surface area contributed by atoms with Crippen molar-refractivity contribution in [2.75, 3.05) is 6.61 Å². The number of aliphatic hydroxyl groups excluding tert-OH is 1. The van der Waals surface area contributed by atoms with Crippen LogP contribution in [0.25, 0.3) is 0 Å². The second-order valence-electron chi connectivity index (χ2n) is 3.78. The fourth-order valence-corrected chi connectivity index (χ4v) is 1.33. The molecule has 14 heavy (non-hydrogen) atoms. The highest BCUT2D eigenvalue weighted by Crippen LogP contribution is 2.21. The molecule has 0 aliphatic carbocycles. The Hall–Kier alpha value is -0.140. The van der Waals surface area contributed by atoms with Crippen LogP contribution in [0.3, 0.4) is 0 Å². The topological polar surface area (TPSA) is 49.3 Å². The van der Waals surface area contributed by atoms with Crippen LogP contribution in [0.1, 0.15) is 20.8 Å². The first kappa shape index (κ1) is 13.9. The highest BCUT2D eigenvalue weighted by molar-refractivity contribution is 7.84. The zero-order chi connectivity index (χ0) is 11.6. The number of alkyl halides is 3. The third-order valence-corrected chi connectivity index (χ3v) is 2.99. The summed E-state index contributed by atoms with van der Waals surface area (Å²) < 4.78 is 48.7. The predicted octanol–water partition coefficient (Wildman–Crippen LogP) is 0.961. The minimum Gasteiger partial charge on any atom is -0.394 e. The van der Waals surface area contributed by atoms with Crippen LogP contribution in [0.4, 0.5) is 13.2 Å². The van der Waals surface area contributed by atoms with Gasteiger partial charge >= 0.3 is 6.18 Å². The maximum absolute atomic E-state index is 12.1. The Morgan fingerprint density at radius 1 is 1.36 bits per heavy atom. The molecule has 0 aliphatic rings. The van der Waals surface area contributed by atoms with E-state index in [1.54, 1.807) is 20.8 Å². The fourth-order valence-electron chi connectivity index (χ4n) is 0.514. The van der Waals surface area contributed by atoms with Crippen molar-refractivity contribution in [1.82, 2.24) is 4.72 Å². The molecular formula is C7H14F3NO2S. The second-order valence-corrected chi connectivity index (χ2v) is 5.77. The third kappa shape index (κ3) is 4.39. The Kier molecular flexibility index (Phi) is 4.54. The smallest absolute Gasteiger partial charge is 0.394 e. The van der Waals surface area contributed by atoms with Gasteiger partial charge in [0.25, 0.3) is 0 Å². The number of aliphatic hydroxyl groups is 1. The third-order valence-electron chi connectivity index (χ3n) is 1.38. The van der Waals surface area contributed by atoms with Gasteiger partial charge < -0.3 is 5.11 Å². The quantitative estimate of drug-likeness (QED) is 0.763. The molecule has 0 aromatic carbocycles. The number of hydrogen-bond acceptors (Lipinski definition) is 2. The van der Waals surface area contributed by atoms with E-state index in [0.717, 1.165) is 0 Å². The van der Waals surface area contributed by atoms with Gasteiger partial charge in [0.15, 0.2) is 0 Å². The molecule has 0 amide bonds. The van der Waals surface area contributed by atoms with Crippen molar-refractivity contribution in [2.45, 2.75) is 37.7 Å². The minimum absolute atomic E-state index is 0.793. The zero-order valence-electron chi connectivity index (χ0n) is 8.18. The van der Waals surface area contributed by atoms with E-state index in [9.17, 15) is 17.4 Å². The van der Waals surface area contributed by atoms with Gasteiger partial charge in [-0.2, -0.15) is 13.2 Å². The summed E-state index contributed by atoms with van der Waals surface area (Å²) >= 11 is 0. The molecule has 0 bridgehead atoms. The molecule has 0 heterocycles. The molecule has 2 atom stereocenters. The van der Waals surface area contributed by atoms with Gasteiger partial charge in [0.2, 0.25) is 0 Å². The lowest BCUT2D eigenvalue weighted by atomic mass is 10.3. The van der Waals surface area contributed by atoms with Crippen molar-refractivity contribution in [3.8, 4) is 0 Å². The SMILES string of the molecule is CC(C)(C)[S@](=O)N[C@@H](CO)C(F)(F)F. The average molecular weight is 233 g/mol. The molecular weight excluding hydrogens is 219 g/mol. The van der Waals surface area contributed by atoms with Crippen LogP contribution in [0.2, 0.25) is 0 Å². The van der Waals surface area contributed by atoms with Gasteiger partial charge in [0, 0.05) is 0 Å². The lowest BCUT2D eigenvalue weighted by molar-refractivity contribution is -0.158.